The molecule has 0 bridgehead atoms. The zero-order valence-electron chi connectivity index (χ0n) is 10.9. The Labute approximate surface area is 125 Å². The maximum absolute atomic E-state index is 12.1. The normalized spacial score (nSPS) is 11.3. The molecule has 2 aromatic rings. The van der Waals surface area contributed by atoms with Gasteiger partial charge in [-0.1, -0.05) is 0 Å². The summed E-state index contributed by atoms with van der Waals surface area (Å²) in [5, 5.41) is 2.72. The summed E-state index contributed by atoms with van der Waals surface area (Å²) in [5.41, 5.74) is 1.05. The van der Waals surface area contributed by atoms with Gasteiger partial charge in [-0.3, -0.25) is 4.79 Å². The number of hydrogen-bond donors (Lipinski definition) is 1. The van der Waals surface area contributed by atoms with Crippen molar-refractivity contribution in [2.24, 2.45) is 7.05 Å². The Balaban J connectivity index is 2.18. The number of nitrogens with one attached hydrogen (secondary N) is 1. The van der Waals surface area contributed by atoms with Crippen LogP contribution in [0.4, 0.5) is 5.69 Å². The molecule has 1 heterocycles. The number of aromatic nitrogens is 1. The Morgan fingerprint density at radius 3 is 2.30 bits per heavy atom. The minimum atomic E-state index is -3.23. The molecule has 5 nitrogen and oxygen atoms in total. The van der Waals surface area contributed by atoms with Crippen molar-refractivity contribution in [2.75, 3.05) is 11.6 Å². The molecule has 106 valence electrons. The number of hydrogen-bond acceptors (Lipinski definition) is 3. The Bertz CT molecular complexity index is 748. The van der Waals surface area contributed by atoms with Crippen molar-refractivity contribution in [3.8, 4) is 0 Å². The average Bonchev–Trinajstić information content (AvgIpc) is 2.68. The molecule has 1 aromatic carbocycles. The molecule has 0 saturated heterocycles. The number of nitrogens with zero attached hydrogens (tertiary/aromatic N) is 1. The number of anilines is 1. The third-order valence-corrected chi connectivity index (χ3v) is 4.31. The van der Waals surface area contributed by atoms with Crippen LogP contribution in [-0.2, 0) is 16.9 Å². The highest BCUT2D eigenvalue weighted by Gasteiger charge is 2.12. The highest BCUT2D eigenvalue weighted by molar-refractivity contribution is 9.10. The number of benzene rings is 1. The maximum atomic E-state index is 12.1. The van der Waals surface area contributed by atoms with Crippen LogP contribution in [0, 0.1) is 0 Å². The van der Waals surface area contributed by atoms with E-state index in [0.717, 1.165) is 10.7 Å². The average molecular weight is 357 g/mol. The van der Waals surface area contributed by atoms with Gasteiger partial charge in [-0.25, -0.2) is 8.42 Å². The van der Waals surface area contributed by atoms with Gasteiger partial charge in [0.1, 0.15) is 5.69 Å². The fraction of sp³-hybridized carbons (Fsp3) is 0.154. The van der Waals surface area contributed by atoms with Crippen molar-refractivity contribution in [3.63, 3.8) is 0 Å². The van der Waals surface area contributed by atoms with Crippen LogP contribution >= 0.6 is 15.9 Å². The number of amides is 1. The van der Waals surface area contributed by atoms with Crippen LogP contribution in [0.3, 0.4) is 0 Å². The summed E-state index contributed by atoms with van der Waals surface area (Å²) in [4.78, 5) is 12.3. The van der Waals surface area contributed by atoms with Crippen molar-refractivity contribution < 1.29 is 13.2 Å². The first-order valence-corrected chi connectivity index (χ1v) is 8.39. The molecule has 0 aliphatic heterocycles. The SMILES string of the molecule is Cn1cc(Br)cc1C(=O)Nc1ccc(S(C)(=O)=O)cc1. The van der Waals surface area contributed by atoms with Gasteiger partial charge < -0.3 is 9.88 Å². The summed E-state index contributed by atoms with van der Waals surface area (Å²) in [6, 6.07) is 7.76. The summed E-state index contributed by atoms with van der Waals surface area (Å²) in [6.45, 7) is 0. The van der Waals surface area contributed by atoms with E-state index in [1.807, 2.05) is 0 Å². The molecule has 2 rings (SSSR count). The second-order valence-electron chi connectivity index (χ2n) is 4.41. The number of sulfone groups is 1. The van der Waals surface area contributed by atoms with Crippen molar-refractivity contribution in [1.29, 1.82) is 0 Å². The molecule has 1 amide bonds. The first-order valence-electron chi connectivity index (χ1n) is 5.71. The molecule has 1 aromatic heterocycles. The topological polar surface area (TPSA) is 68.2 Å². The Kier molecular flexibility index (Phi) is 4.01. The summed E-state index contributed by atoms with van der Waals surface area (Å²) < 4.78 is 25.2. The third-order valence-electron chi connectivity index (χ3n) is 2.74. The monoisotopic (exact) mass is 356 g/mol. The molecule has 0 aliphatic rings. The third kappa shape index (κ3) is 3.29. The summed E-state index contributed by atoms with van der Waals surface area (Å²) in [5.74, 6) is -0.259. The van der Waals surface area contributed by atoms with Crippen LogP contribution in [0.25, 0.3) is 0 Å². The van der Waals surface area contributed by atoms with E-state index < -0.39 is 9.84 Å². The van der Waals surface area contributed by atoms with Crippen LogP contribution in [0.2, 0.25) is 0 Å². The molecule has 7 heteroatoms. The zero-order chi connectivity index (χ0) is 14.9. The lowest BCUT2D eigenvalue weighted by Gasteiger charge is -2.06. The smallest absolute Gasteiger partial charge is 0.272 e. The number of rotatable bonds is 3. The number of carbonyl (C=O) groups is 1. The standard InChI is InChI=1S/C13H13BrN2O3S/c1-16-8-9(14)7-12(16)13(17)15-10-3-5-11(6-4-10)20(2,18)19/h3-8H,1-2H3,(H,15,17). The molecule has 0 fully saturated rings. The zero-order valence-corrected chi connectivity index (χ0v) is 13.3. The van der Waals surface area contributed by atoms with Gasteiger partial charge in [0.2, 0.25) is 0 Å². The molecule has 0 spiro atoms. The van der Waals surface area contributed by atoms with E-state index in [9.17, 15) is 13.2 Å². The number of halogens is 1. The van der Waals surface area contributed by atoms with E-state index >= 15 is 0 Å². The van der Waals surface area contributed by atoms with Gasteiger partial charge in [0.25, 0.3) is 5.91 Å². The van der Waals surface area contributed by atoms with Gasteiger partial charge in [0.15, 0.2) is 9.84 Å². The lowest BCUT2D eigenvalue weighted by Crippen LogP contribution is -2.15. The first-order chi connectivity index (χ1) is 9.27. The van der Waals surface area contributed by atoms with Crippen LogP contribution in [0.15, 0.2) is 45.9 Å². The van der Waals surface area contributed by atoms with Crippen LogP contribution in [0.1, 0.15) is 10.5 Å². The highest BCUT2D eigenvalue weighted by atomic mass is 79.9. The van der Waals surface area contributed by atoms with Crippen molar-refractivity contribution in [2.45, 2.75) is 4.90 Å². The largest absolute Gasteiger partial charge is 0.345 e. The molecule has 20 heavy (non-hydrogen) atoms. The van der Waals surface area contributed by atoms with Gasteiger partial charge in [-0.05, 0) is 46.3 Å². The molecule has 1 N–H and O–H groups in total. The Morgan fingerprint density at radius 1 is 1.25 bits per heavy atom. The van der Waals surface area contributed by atoms with Gasteiger partial charge >= 0.3 is 0 Å². The predicted molar refractivity (Wildman–Crippen MR) is 80.6 cm³/mol. The lowest BCUT2D eigenvalue weighted by atomic mass is 10.3. The first kappa shape index (κ1) is 14.8. The molecular formula is C13H13BrN2O3S. The molecule has 0 atom stereocenters. The fourth-order valence-corrected chi connectivity index (χ4v) is 2.88. The maximum Gasteiger partial charge on any atom is 0.272 e. The van der Waals surface area contributed by atoms with Gasteiger partial charge in [-0.15, -0.1) is 0 Å². The molecule has 0 unspecified atom stereocenters. The molecular weight excluding hydrogens is 344 g/mol. The summed E-state index contributed by atoms with van der Waals surface area (Å²) in [7, 11) is -1.46. The summed E-state index contributed by atoms with van der Waals surface area (Å²) in [6.07, 6.45) is 2.92. The lowest BCUT2D eigenvalue weighted by molar-refractivity contribution is 0.101. The minimum Gasteiger partial charge on any atom is -0.345 e. The van der Waals surface area contributed by atoms with Gasteiger partial charge in [0, 0.05) is 29.7 Å². The van der Waals surface area contributed by atoms with Crippen molar-refractivity contribution >= 4 is 37.4 Å². The van der Waals surface area contributed by atoms with Gasteiger partial charge in [0.05, 0.1) is 4.90 Å². The second-order valence-corrected chi connectivity index (χ2v) is 7.34. The Morgan fingerprint density at radius 2 is 1.85 bits per heavy atom. The minimum absolute atomic E-state index is 0.220. The van der Waals surface area contributed by atoms with Crippen LogP contribution in [-0.4, -0.2) is 25.1 Å². The number of carbonyl (C=O) groups excluding carboxylic acids is 1. The van der Waals surface area contributed by atoms with E-state index in [0.29, 0.717) is 11.4 Å². The van der Waals surface area contributed by atoms with E-state index in [1.165, 1.54) is 12.1 Å². The number of aryl methyl sites for hydroxylation is 1. The van der Waals surface area contributed by atoms with Crippen LogP contribution in [0.5, 0.6) is 0 Å². The van der Waals surface area contributed by atoms with E-state index in [1.54, 1.807) is 36.0 Å². The van der Waals surface area contributed by atoms with Crippen molar-refractivity contribution in [3.05, 3.63) is 46.7 Å². The van der Waals surface area contributed by atoms with E-state index in [4.69, 9.17) is 0 Å². The summed E-state index contributed by atoms with van der Waals surface area (Å²) >= 11 is 3.30. The Hall–Kier alpha value is -1.60. The molecule has 0 aliphatic carbocycles. The quantitative estimate of drug-likeness (QED) is 0.918. The van der Waals surface area contributed by atoms with Gasteiger partial charge in [-0.2, -0.15) is 0 Å². The van der Waals surface area contributed by atoms with E-state index in [2.05, 4.69) is 21.2 Å². The molecule has 0 saturated carbocycles. The second kappa shape index (κ2) is 5.41. The van der Waals surface area contributed by atoms with Crippen LogP contribution < -0.4 is 5.32 Å². The predicted octanol–water partition coefficient (Wildman–Crippen LogP) is 2.44. The highest BCUT2D eigenvalue weighted by Crippen LogP contribution is 2.17. The fourth-order valence-electron chi connectivity index (χ4n) is 1.73. The molecule has 0 radical (unpaired) electrons. The van der Waals surface area contributed by atoms with Crippen molar-refractivity contribution in [1.82, 2.24) is 4.57 Å². The van der Waals surface area contributed by atoms with E-state index in [-0.39, 0.29) is 10.8 Å².